The van der Waals surface area contributed by atoms with Gasteiger partial charge in [-0.3, -0.25) is 4.90 Å². The van der Waals surface area contributed by atoms with E-state index in [0.29, 0.717) is 11.5 Å². The predicted molar refractivity (Wildman–Crippen MR) is 96.7 cm³/mol. The minimum atomic E-state index is 0.596. The summed E-state index contributed by atoms with van der Waals surface area (Å²) in [5, 5.41) is 14.0. The van der Waals surface area contributed by atoms with Gasteiger partial charge in [-0.15, -0.1) is 0 Å². The van der Waals surface area contributed by atoms with E-state index in [9.17, 15) is 5.26 Å². The fourth-order valence-electron chi connectivity index (χ4n) is 3.32. The van der Waals surface area contributed by atoms with E-state index in [-0.39, 0.29) is 0 Å². The molecule has 1 saturated carbocycles. The second-order valence-corrected chi connectivity index (χ2v) is 7.07. The third kappa shape index (κ3) is 3.17. The predicted octanol–water partition coefficient (Wildman–Crippen LogP) is 1.87. The van der Waals surface area contributed by atoms with Gasteiger partial charge in [0.25, 0.3) is 0 Å². The number of nitriles is 1. The van der Waals surface area contributed by atoms with Crippen molar-refractivity contribution in [3.8, 4) is 6.07 Å². The van der Waals surface area contributed by atoms with E-state index in [2.05, 4.69) is 25.4 Å². The van der Waals surface area contributed by atoms with Crippen LogP contribution >= 0.6 is 12.2 Å². The molecule has 2 aromatic heterocycles. The van der Waals surface area contributed by atoms with Crippen molar-refractivity contribution in [1.82, 2.24) is 24.2 Å². The molecule has 0 amide bonds. The molecule has 130 valence electrons. The smallest absolute Gasteiger partial charge is 0.198 e. The number of hydrogen-bond acceptors (Lipinski definition) is 6. The minimum absolute atomic E-state index is 0.596. The maximum atomic E-state index is 9.25. The molecule has 0 unspecified atom stereocenters. The third-order valence-electron chi connectivity index (χ3n) is 4.93. The lowest BCUT2D eigenvalue weighted by molar-refractivity contribution is 0.193. The summed E-state index contributed by atoms with van der Waals surface area (Å²) in [4.78, 5) is 8.92. The number of aromatic nitrogens is 4. The van der Waals surface area contributed by atoms with E-state index in [1.807, 2.05) is 17.8 Å². The van der Waals surface area contributed by atoms with Crippen LogP contribution in [0.2, 0.25) is 0 Å². The number of anilines is 1. The molecule has 1 saturated heterocycles. The Morgan fingerprint density at radius 2 is 2.04 bits per heavy atom. The van der Waals surface area contributed by atoms with Crippen LogP contribution in [0.3, 0.4) is 0 Å². The van der Waals surface area contributed by atoms with E-state index in [1.54, 1.807) is 12.3 Å². The Hall–Kier alpha value is -2.24. The first-order chi connectivity index (χ1) is 12.2. The molecule has 0 N–H and O–H groups in total. The average Bonchev–Trinajstić information content (AvgIpc) is 3.45. The topological polar surface area (TPSA) is 65.9 Å². The summed E-state index contributed by atoms with van der Waals surface area (Å²) in [5.74, 6) is 2.50. The molecule has 25 heavy (non-hydrogen) atoms. The molecular weight excluding hydrogens is 334 g/mol. The zero-order valence-corrected chi connectivity index (χ0v) is 15.1. The summed E-state index contributed by atoms with van der Waals surface area (Å²) in [6.07, 6.45) is 4.20. The van der Waals surface area contributed by atoms with Gasteiger partial charge in [0, 0.05) is 45.3 Å². The zero-order chi connectivity index (χ0) is 17.4. The normalized spacial score (nSPS) is 18.3. The zero-order valence-electron chi connectivity index (χ0n) is 14.3. The fourth-order valence-corrected chi connectivity index (χ4v) is 3.51. The Labute approximate surface area is 152 Å². The number of nitrogens with zero attached hydrogens (tertiary/aromatic N) is 7. The van der Waals surface area contributed by atoms with Gasteiger partial charge >= 0.3 is 0 Å². The summed E-state index contributed by atoms with van der Waals surface area (Å²) in [7, 11) is 2.02. The molecule has 0 aromatic carbocycles. The van der Waals surface area contributed by atoms with Crippen LogP contribution in [-0.4, -0.2) is 50.4 Å². The van der Waals surface area contributed by atoms with Crippen molar-refractivity contribution in [1.29, 1.82) is 5.26 Å². The third-order valence-corrected chi connectivity index (χ3v) is 5.41. The highest BCUT2D eigenvalue weighted by Gasteiger charge is 2.29. The van der Waals surface area contributed by atoms with Crippen LogP contribution in [-0.2, 0) is 13.7 Å². The highest BCUT2D eigenvalue weighted by molar-refractivity contribution is 7.71. The number of hydrogen-bond donors (Lipinski definition) is 0. The van der Waals surface area contributed by atoms with Crippen molar-refractivity contribution in [3.63, 3.8) is 0 Å². The van der Waals surface area contributed by atoms with E-state index in [1.165, 1.54) is 12.8 Å². The lowest BCUT2D eigenvalue weighted by Crippen LogP contribution is -2.47. The van der Waals surface area contributed by atoms with Gasteiger partial charge in [0.15, 0.2) is 4.77 Å². The van der Waals surface area contributed by atoms with Crippen LogP contribution in [0.25, 0.3) is 0 Å². The second-order valence-electron chi connectivity index (χ2n) is 6.71. The minimum Gasteiger partial charge on any atom is -0.353 e. The molecule has 0 atom stereocenters. The Bertz CT molecular complexity index is 866. The molecule has 7 nitrogen and oxygen atoms in total. The van der Waals surface area contributed by atoms with Crippen LogP contribution in [0.5, 0.6) is 0 Å². The molecule has 3 heterocycles. The van der Waals surface area contributed by atoms with Gasteiger partial charge in [-0.2, -0.15) is 10.4 Å². The first kappa shape index (κ1) is 16.2. The van der Waals surface area contributed by atoms with Crippen LogP contribution in [0.15, 0.2) is 18.3 Å². The molecular formula is C17H21N7S. The van der Waals surface area contributed by atoms with E-state index < -0.39 is 0 Å². The number of piperazine rings is 1. The molecule has 4 rings (SSSR count). The van der Waals surface area contributed by atoms with E-state index in [4.69, 9.17) is 17.3 Å². The summed E-state index contributed by atoms with van der Waals surface area (Å²) < 4.78 is 4.79. The molecule has 2 aromatic rings. The molecule has 1 aliphatic heterocycles. The molecule has 2 fully saturated rings. The van der Waals surface area contributed by atoms with Gasteiger partial charge in [-0.25, -0.2) is 9.67 Å². The largest absolute Gasteiger partial charge is 0.353 e. The summed E-state index contributed by atoms with van der Waals surface area (Å²) >= 11 is 5.54. The van der Waals surface area contributed by atoms with Crippen molar-refractivity contribution < 1.29 is 0 Å². The Balaban J connectivity index is 1.42. The molecule has 1 aliphatic carbocycles. The fraction of sp³-hybridized carbons (Fsp3) is 0.529. The van der Waals surface area contributed by atoms with Crippen molar-refractivity contribution in [2.24, 2.45) is 7.05 Å². The van der Waals surface area contributed by atoms with Gasteiger partial charge in [0.05, 0.1) is 12.2 Å². The Kier molecular flexibility index (Phi) is 4.27. The van der Waals surface area contributed by atoms with Crippen molar-refractivity contribution >= 4 is 18.0 Å². The molecule has 0 bridgehead atoms. The molecule has 2 aliphatic rings. The average molecular weight is 355 g/mol. The Morgan fingerprint density at radius 3 is 2.72 bits per heavy atom. The summed E-state index contributed by atoms with van der Waals surface area (Å²) in [6.45, 7) is 4.22. The maximum Gasteiger partial charge on any atom is 0.198 e. The lowest BCUT2D eigenvalue weighted by atomic mass is 10.2. The van der Waals surface area contributed by atoms with Gasteiger partial charge in [0.1, 0.15) is 17.7 Å². The number of pyridine rings is 1. The van der Waals surface area contributed by atoms with Gasteiger partial charge in [-0.1, -0.05) is 0 Å². The van der Waals surface area contributed by atoms with E-state index in [0.717, 1.165) is 49.3 Å². The molecule has 8 heteroatoms. The van der Waals surface area contributed by atoms with Crippen molar-refractivity contribution in [3.05, 3.63) is 34.5 Å². The maximum absolute atomic E-state index is 9.25. The van der Waals surface area contributed by atoms with Gasteiger partial charge < -0.3 is 9.47 Å². The molecule has 0 radical (unpaired) electrons. The second kappa shape index (κ2) is 6.58. The summed E-state index contributed by atoms with van der Waals surface area (Å²) in [6, 6.07) is 5.85. The van der Waals surface area contributed by atoms with Gasteiger partial charge in [0.2, 0.25) is 0 Å². The monoisotopic (exact) mass is 355 g/mol. The van der Waals surface area contributed by atoms with E-state index >= 15 is 0 Å². The standard InChI is InChI=1S/C17H21N7S/c1-21-16(13-4-5-13)20-24(17(21)25)12-22-7-9-23(10-8-22)15-14(11-18)3-2-6-19-15/h2-3,6,13H,4-5,7-10,12H2,1H3. The highest BCUT2D eigenvalue weighted by Crippen LogP contribution is 2.38. The van der Waals surface area contributed by atoms with Gasteiger partial charge in [-0.05, 0) is 37.2 Å². The van der Waals surface area contributed by atoms with Crippen molar-refractivity contribution in [2.45, 2.75) is 25.4 Å². The van der Waals surface area contributed by atoms with Crippen molar-refractivity contribution in [2.75, 3.05) is 31.1 Å². The van der Waals surface area contributed by atoms with Crippen LogP contribution in [0.1, 0.15) is 30.1 Å². The number of rotatable bonds is 4. The first-order valence-corrected chi connectivity index (χ1v) is 9.04. The first-order valence-electron chi connectivity index (χ1n) is 8.63. The Morgan fingerprint density at radius 1 is 1.28 bits per heavy atom. The molecule has 0 spiro atoms. The van der Waals surface area contributed by atoms with Crippen LogP contribution in [0.4, 0.5) is 5.82 Å². The highest BCUT2D eigenvalue weighted by atomic mass is 32.1. The quantitative estimate of drug-likeness (QED) is 0.780. The van der Waals surface area contributed by atoms with Crippen LogP contribution in [0, 0.1) is 16.1 Å². The SMILES string of the molecule is Cn1c(C2CC2)nn(CN2CCN(c3ncccc3C#N)CC2)c1=S. The lowest BCUT2D eigenvalue weighted by Gasteiger charge is -2.35. The summed E-state index contributed by atoms with van der Waals surface area (Å²) in [5.41, 5.74) is 0.636. The van der Waals surface area contributed by atoms with Crippen LogP contribution < -0.4 is 4.90 Å².